The van der Waals surface area contributed by atoms with Crippen molar-refractivity contribution in [3.63, 3.8) is 0 Å². The fourth-order valence-corrected chi connectivity index (χ4v) is 2.19. The van der Waals surface area contributed by atoms with Crippen LogP contribution < -0.4 is 4.74 Å². The Morgan fingerprint density at radius 1 is 1.47 bits per heavy atom. The van der Waals surface area contributed by atoms with Gasteiger partial charge in [-0.2, -0.15) is 18.3 Å². The predicted octanol–water partition coefficient (Wildman–Crippen LogP) is 2.31. The van der Waals surface area contributed by atoms with Gasteiger partial charge in [0.15, 0.2) is 5.75 Å². The average Bonchev–Trinajstić information content (AvgIpc) is 2.86. The van der Waals surface area contributed by atoms with Gasteiger partial charge in [-0.25, -0.2) is 0 Å². The average molecular weight is 277 g/mol. The highest BCUT2D eigenvalue weighted by Crippen LogP contribution is 2.21. The van der Waals surface area contributed by atoms with Gasteiger partial charge in [0, 0.05) is 19.1 Å². The number of rotatable bonds is 4. The number of hydrogen-bond acceptors (Lipinski definition) is 3. The summed E-state index contributed by atoms with van der Waals surface area (Å²) in [5, 5.41) is 3.66. The minimum atomic E-state index is -4.26. The van der Waals surface area contributed by atoms with Crippen molar-refractivity contribution in [3.8, 4) is 5.75 Å². The van der Waals surface area contributed by atoms with Crippen molar-refractivity contribution in [2.75, 3.05) is 13.1 Å². The number of likely N-dealkylation sites (tertiary alicyclic amines) is 1. The van der Waals surface area contributed by atoms with Crippen molar-refractivity contribution >= 4 is 0 Å². The van der Waals surface area contributed by atoms with E-state index in [0.717, 1.165) is 24.2 Å². The van der Waals surface area contributed by atoms with Crippen LogP contribution in [0.15, 0.2) is 12.4 Å². The van der Waals surface area contributed by atoms with Gasteiger partial charge in [-0.15, -0.1) is 0 Å². The summed E-state index contributed by atoms with van der Waals surface area (Å²) in [7, 11) is 0. The van der Waals surface area contributed by atoms with Gasteiger partial charge >= 0.3 is 6.18 Å². The van der Waals surface area contributed by atoms with E-state index < -0.39 is 12.7 Å². The zero-order valence-electron chi connectivity index (χ0n) is 11.0. The molecule has 2 rings (SSSR count). The van der Waals surface area contributed by atoms with Gasteiger partial charge in [0.05, 0.1) is 12.4 Å². The number of ether oxygens (including phenoxy) is 1. The van der Waals surface area contributed by atoms with Crippen LogP contribution >= 0.6 is 0 Å². The lowest BCUT2D eigenvalue weighted by Crippen LogP contribution is -2.30. The van der Waals surface area contributed by atoms with Gasteiger partial charge < -0.3 is 4.74 Å². The third kappa shape index (κ3) is 4.12. The van der Waals surface area contributed by atoms with Crippen molar-refractivity contribution in [1.29, 1.82) is 0 Å². The molecule has 7 heteroatoms. The van der Waals surface area contributed by atoms with E-state index in [9.17, 15) is 13.2 Å². The molecule has 1 aliphatic heterocycles. The summed E-state index contributed by atoms with van der Waals surface area (Å²) in [5.41, 5.74) is 0. The van der Waals surface area contributed by atoms with E-state index in [1.807, 2.05) is 0 Å². The molecule has 1 unspecified atom stereocenters. The molecular weight excluding hydrogens is 259 g/mol. The molecule has 0 bridgehead atoms. The highest BCUT2D eigenvalue weighted by atomic mass is 19.4. The molecule has 1 aromatic heterocycles. The molecule has 0 aromatic carbocycles. The molecular formula is C12H18F3N3O. The van der Waals surface area contributed by atoms with Crippen molar-refractivity contribution < 1.29 is 17.9 Å². The molecule has 2 heterocycles. The van der Waals surface area contributed by atoms with Gasteiger partial charge in [-0.3, -0.25) is 9.58 Å². The summed E-state index contributed by atoms with van der Waals surface area (Å²) in [6, 6.07) is 0.460. The Bertz CT molecular complexity index is 417. The number of nitrogens with zero attached hydrogens (tertiary/aromatic N) is 3. The first-order chi connectivity index (χ1) is 8.83. The second kappa shape index (κ2) is 5.40. The molecule has 1 atom stereocenters. The second-order valence-corrected chi connectivity index (χ2v) is 5.11. The van der Waals surface area contributed by atoms with Crippen LogP contribution in [-0.2, 0) is 6.54 Å². The molecule has 4 nitrogen and oxygen atoms in total. The fourth-order valence-electron chi connectivity index (χ4n) is 2.19. The molecule has 1 fully saturated rings. The maximum atomic E-state index is 12.2. The highest BCUT2D eigenvalue weighted by molar-refractivity contribution is 5.12. The van der Waals surface area contributed by atoms with E-state index in [1.54, 1.807) is 0 Å². The van der Waals surface area contributed by atoms with E-state index >= 15 is 0 Å². The van der Waals surface area contributed by atoms with Gasteiger partial charge in [-0.05, 0) is 20.3 Å². The molecule has 108 valence electrons. The third-order valence-electron chi connectivity index (χ3n) is 3.16. The number of halogens is 3. The molecule has 1 aromatic rings. The molecule has 0 radical (unpaired) electrons. The van der Waals surface area contributed by atoms with E-state index in [0.29, 0.717) is 11.8 Å². The van der Waals surface area contributed by atoms with Crippen LogP contribution in [0.5, 0.6) is 5.75 Å². The minimum Gasteiger partial charge on any atom is -0.486 e. The summed E-state index contributed by atoms with van der Waals surface area (Å²) in [4.78, 5) is 2.28. The summed E-state index contributed by atoms with van der Waals surface area (Å²) < 4.78 is 43.1. The first kappa shape index (κ1) is 14.2. The lowest BCUT2D eigenvalue weighted by atomic mass is 10.3. The van der Waals surface area contributed by atoms with E-state index in [2.05, 4.69) is 23.8 Å². The maximum absolute atomic E-state index is 12.2. The van der Waals surface area contributed by atoms with E-state index in [1.165, 1.54) is 12.4 Å². The zero-order valence-corrected chi connectivity index (χ0v) is 11.0. The molecule has 0 N–H and O–H groups in total. The van der Waals surface area contributed by atoms with Crippen molar-refractivity contribution in [1.82, 2.24) is 14.7 Å². The Labute approximate surface area is 110 Å². The van der Waals surface area contributed by atoms with Gasteiger partial charge in [0.25, 0.3) is 0 Å². The predicted molar refractivity (Wildman–Crippen MR) is 64.0 cm³/mol. The van der Waals surface area contributed by atoms with Crippen LogP contribution in [0.2, 0.25) is 0 Å². The fraction of sp³-hybridized carbons (Fsp3) is 0.750. The highest BCUT2D eigenvalue weighted by Gasteiger charge is 2.29. The Morgan fingerprint density at radius 2 is 2.21 bits per heavy atom. The van der Waals surface area contributed by atoms with Crippen LogP contribution in [0.4, 0.5) is 13.2 Å². The minimum absolute atomic E-state index is 0.0333. The molecule has 0 saturated carbocycles. The largest absolute Gasteiger partial charge is 0.486 e. The SMILES string of the molecule is CC(C)N1CCC(Oc2cnn(CC(F)(F)F)c2)C1. The van der Waals surface area contributed by atoms with Gasteiger partial charge in [0.2, 0.25) is 0 Å². The second-order valence-electron chi connectivity index (χ2n) is 5.11. The standard InChI is InChI=1S/C12H18F3N3O/c1-9(2)17-4-3-10(6-17)19-11-5-16-18(7-11)8-12(13,14)15/h5,7,9-10H,3-4,6,8H2,1-2H3. The van der Waals surface area contributed by atoms with Crippen molar-refractivity contribution in [2.24, 2.45) is 0 Å². The van der Waals surface area contributed by atoms with E-state index in [-0.39, 0.29) is 6.10 Å². The first-order valence-electron chi connectivity index (χ1n) is 6.33. The lowest BCUT2D eigenvalue weighted by Gasteiger charge is -2.20. The van der Waals surface area contributed by atoms with Crippen LogP contribution in [-0.4, -0.2) is 46.1 Å². The van der Waals surface area contributed by atoms with Crippen LogP contribution in [0.25, 0.3) is 0 Å². The quantitative estimate of drug-likeness (QED) is 0.846. The number of aromatic nitrogens is 2. The van der Waals surface area contributed by atoms with Crippen molar-refractivity contribution in [3.05, 3.63) is 12.4 Å². The van der Waals surface area contributed by atoms with E-state index in [4.69, 9.17) is 4.74 Å². The molecule has 0 amide bonds. The lowest BCUT2D eigenvalue weighted by molar-refractivity contribution is -0.142. The zero-order chi connectivity index (χ0) is 14.0. The molecule has 1 aliphatic rings. The molecule has 19 heavy (non-hydrogen) atoms. The Balaban J connectivity index is 1.87. The first-order valence-corrected chi connectivity index (χ1v) is 6.33. The third-order valence-corrected chi connectivity index (χ3v) is 3.16. The summed E-state index contributed by atoms with van der Waals surface area (Å²) in [6.45, 7) is 4.91. The Kier molecular flexibility index (Phi) is 4.03. The topological polar surface area (TPSA) is 30.3 Å². The van der Waals surface area contributed by atoms with Gasteiger partial charge in [0.1, 0.15) is 12.6 Å². The molecule has 0 aliphatic carbocycles. The monoisotopic (exact) mass is 277 g/mol. The maximum Gasteiger partial charge on any atom is 0.408 e. The Hall–Kier alpha value is -1.24. The normalized spacial score (nSPS) is 21.3. The number of alkyl halides is 3. The van der Waals surface area contributed by atoms with Crippen LogP contribution in [0.1, 0.15) is 20.3 Å². The Morgan fingerprint density at radius 3 is 2.79 bits per heavy atom. The summed E-state index contributed by atoms with van der Waals surface area (Å²) >= 11 is 0. The van der Waals surface area contributed by atoms with Crippen LogP contribution in [0, 0.1) is 0 Å². The summed E-state index contributed by atoms with van der Waals surface area (Å²) in [5.74, 6) is 0.403. The molecule has 1 saturated heterocycles. The summed E-state index contributed by atoms with van der Waals surface area (Å²) in [6.07, 6.45) is -0.700. The smallest absolute Gasteiger partial charge is 0.408 e. The van der Waals surface area contributed by atoms with Crippen LogP contribution in [0.3, 0.4) is 0 Å². The number of hydrogen-bond donors (Lipinski definition) is 0. The van der Waals surface area contributed by atoms with Gasteiger partial charge in [-0.1, -0.05) is 0 Å². The van der Waals surface area contributed by atoms with Crippen molar-refractivity contribution in [2.45, 2.75) is 45.1 Å². The molecule has 0 spiro atoms.